The minimum atomic E-state index is -4.44. The van der Waals surface area contributed by atoms with Gasteiger partial charge in [-0.3, -0.25) is 0 Å². The summed E-state index contributed by atoms with van der Waals surface area (Å²) in [4.78, 5) is 2.52. The van der Waals surface area contributed by atoms with Gasteiger partial charge in [-0.25, -0.2) is 8.60 Å². The van der Waals surface area contributed by atoms with Gasteiger partial charge < -0.3 is 20.3 Å². The lowest BCUT2D eigenvalue weighted by atomic mass is 10.0. The number of likely N-dealkylation sites (tertiary alicyclic amines) is 1. The smallest absolute Gasteiger partial charge is 0.393 e. The van der Waals surface area contributed by atoms with E-state index in [9.17, 15) is 21.8 Å². The molecule has 2 heterocycles. The van der Waals surface area contributed by atoms with E-state index in [-0.39, 0.29) is 12.1 Å². The van der Waals surface area contributed by atoms with Gasteiger partial charge in [-0.1, -0.05) is 24.0 Å². The summed E-state index contributed by atoms with van der Waals surface area (Å²) in [5.41, 5.74) is 1.21. The summed E-state index contributed by atoms with van der Waals surface area (Å²) in [5, 5.41) is 15.5. The summed E-state index contributed by atoms with van der Waals surface area (Å²) in [6.07, 6.45) is -3.18. The number of fused-ring (bicyclic) bond motifs is 1. The van der Waals surface area contributed by atoms with Gasteiger partial charge in [0.2, 0.25) is 6.19 Å². The Morgan fingerprint density at radius 1 is 1.27 bits per heavy atom. The minimum absolute atomic E-state index is 0.0870. The summed E-state index contributed by atoms with van der Waals surface area (Å²) in [7, 11) is 0.370. The number of benzene rings is 2. The van der Waals surface area contributed by atoms with E-state index in [2.05, 4.69) is 26.8 Å². The lowest BCUT2D eigenvalue weighted by molar-refractivity contribution is -0.126. The van der Waals surface area contributed by atoms with E-state index in [1.54, 1.807) is 36.5 Å². The molecule has 3 aromatic rings. The zero-order valence-corrected chi connectivity index (χ0v) is 24.3. The molecule has 0 aliphatic carbocycles. The fourth-order valence-electron chi connectivity index (χ4n) is 4.63. The highest BCUT2D eigenvalue weighted by molar-refractivity contribution is 7.93. The van der Waals surface area contributed by atoms with Gasteiger partial charge in [0.25, 0.3) is 0 Å². The first kappa shape index (κ1) is 30.4. The van der Waals surface area contributed by atoms with Crippen LogP contribution in [-0.2, 0) is 16.1 Å². The molecular formula is C28H29F4N5O2S2. The Hall–Kier alpha value is -3.52. The molecule has 2 aromatic carbocycles. The number of piperidine rings is 1. The molecule has 0 saturated carbocycles. The molecule has 1 fully saturated rings. The van der Waals surface area contributed by atoms with Crippen LogP contribution in [0.4, 0.5) is 28.9 Å². The van der Waals surface area contributed by atoms with Gasteiger partial charge in [-0.2, -0.15) is 18.4 Å². The average molecular weight is 608 g/mol. The first-order valence-corrected chi connectivity index (χ1v) is 15.4. The Kier molecular flexibility index (Phi) is 9.32. The van der Waals surface area contributed by atoms with E-state index >= 15 is 0 Å². The number of hydrogen-bond donors (Lipinski definition) is 2. The standard InChI is InChI=1S/C28H29F4N5O2S2/c1-37-13-11-22(21(29)16-37)36-24-7-4-6-19-20(15-28(30,31)32)26(40-27(19)24)8-5-12-34-23-10-9-18(14-25(23)39-2)41(3,38)35-17-33/h4,6-7,9-10,14,21-22,34,36H,11-13,15-16H2,1-3H3/t21-,22+,41?/m0/s1. The van der Waals surface area contributed by atoms with Crippen LogP contribution < -0.4 is 15.4 Å². The van der Waals surface area contributed by atoms with Crippen molar-refractivity contribution in [3.63, 3.8) is 0 Å². The van der Waals surface area contributed by atoms with Crippen LogP contribution in [0.2, 0.25) is 0 Å². The number of thiophene rings is 1. The number of nitrogens with zero attached hydrogens (tertiary/aromatic N) is 3. The van der Waals surface area contributed by atoms with E-state index in [1.165, 1.54) is 19.4 Å². The fourth-order valence-corrected chi connectivity index (χ4v) is 6.71. The predicted molar refractivity (Wildman–Crippen MR) is 155 cm³/mol. The van der Waals surface area contributed by atoms with Gasteiger partial charge >= 0.3 is 6.18 Å². The first-order chi connectivity index (χ1) is 19.4. The molecule has 1 aliphatic heterocycles. The van der Waals surface area contributed by atoms with Crippen molar-refractivity contribution in [3.05, 3.63) is 46.8 Å². The van der Waals surface area contributed by atoms with Crippen molar-refractivity contribution in [2.24, 2.45) is 4.36 Å². The van der Waals surface area contributed by atoms with Gasteiger partial charge in [0.05, 0.1) is 61.7 Å². The van der Waals surface area contributed by atoms with Crippen LogP contribution in [0.1, 0.15) is 16.9 Å². The maximum atomic E-state index is 14.7. The van der Waals surface area contributed by atoms with Crippen molar-refractivity contribution in [3.8, 4) is 23.8 Å². The van der Waals surface area contributed by atoms with Gasteiger partial charge in [0.1, 0.15) is 11.9 Å². The Morgan fingerprint density at radius 2 is 2.05 bits per heavy atom. The molecule has 41 heavy (non-hydrogen) atoms. The zero-order valence-electron chi connectivity index (χ0n) is 22.6. The van der Waals surface area contributed by atoms with E-state index in [4.69, 9.17) is 10.00 Å². The number of rotatable bonds is 7. The number of halogens is 4. The quantitative estimate of drug-likeness (QED) is 0.198. The third kappa shape index (κ3) is 7.41. The van der Waals surface area contributed by atoms with Gasteiger partial charge in [0, 0.05) is 19.3 Å². The second-order valence-electron chi connectivity index (χ2n) is 9.71. The molecular weight excluding hydrogens is 578 g/mol. The third-order valence-corrected chi connectivity index (χ3v) is 9.43. The minimum Gasteiger partial charge on any atom is -0.495 e. The van der Waals surface area contributed by atoms with Crippen LogP contribution in [0, 0.1) is 23.3 Å². The van der Waals surface area contributed by atoms with Crippen LogP contribution in [0.25, 0.3) is 10.1 Å². The fraction of sp³-hybridized carbons (Fsp3) is 0.393. The Balaban J connectivity index is 1.60. The number of nitrogens with one attached hydrogen (secondary N) is 2. The number of alkyl halides is 4. The number of anilines is 2. The summed E-state index contributed by atoms with van der Waals surface area (Å²) in [6, 6.07) is 9.31. The molecule has 3 atom stereocenters. The molecule has 0 amide bonds. The lowest BCUT2D eigenvalue weighted by Gasteiger charge is -2.33. The van der Waals surface area contributed by atoms with Crippen LogP contribution in [0.5, 0.6) is 5.75 Å². The van der Waals surface area contributed by atoms with Crippen LogP contribution >= 0.6 is 11.3 Å². The maximum absolute atomic E-state index is 14.7. The van der Waals surface area contributed by atoms with Crippen molar-refractivity contribution in [1.29, 1.82) is 5.26 Å². The molecule has 1 unspecified atom stereocenters. The summed E-state index contributed by atoms with van der Waals surface area (Å²) in [6.45, 7) is 1.10. The van der Waals surface area contributed by atoms with Gasteiger partial charge in [0.15, 0.2) is 0 Å². The first-order valence-electron chi connectivity index (χ1n) is 12.6. The van der Waals surface area contributed by atoms with Gasteiger partial charge in [-0.05, 0) is 48.7 Å². The molecule has 1 aromatic heterocycles. The van der Waals surface area contributed by atoms with E-state index in [1.807, 2.05) is 11.9 Å². The average Bonchev–Trinajstić information content (AvgIpc) is 3.24. The summed E-state index contributed by atoms with van der Waals surface area (Å²) in [5.74, 6) is 6.13. The molecule has 1 aliphatic rings. The van der Waals surface area contributed by atoms with E-state index in [0.29, 0.717) is 49.9 Å². The molecule has 13 heteroatoms. The van der Waals surface area contributed by atoms with Crippen LogP contribution in [-0.4, -0.2) is 67.5 Å². The molecule has 0 radical (unpaired) electrons. The largest absolute Gasteiger partial charge is 0.495 e. The predicted octanol–water partition coefficient (Wildman–Crippen LogP) is 5.87. The molecule has 2 N–H and O–H groups in total. The Bertz CT molecular complexity index is 1650. The molecule has 0 spiro atoms. The number of methoxy groups -OCH3 is 1. The number of ether oxygens (including phenoxy) is 1. The monoisotopic (exact) mass is 607 g/mol. The second kappa shape index (κ2) is 12.6. The second-order valence-corrected chi connectivity index (χ2v) is 13.0. The summed E-state index contributed by atoms with van der Waals surface area (Å²) >= 11 is 1.15. The third-order valence-electron chi connectivity index (χ3n) is 6.68. The molecule has 1 saturated heterocycles. The van der Waals surface area contributed by atoms with Crippen molar-refractivity contribution in [1.82, 2.24) is 4.90 Å². The Morgan fingerprint density at radius 3 is 2.73 bits per heavy atom. The van der Waals surface area contributed by atoms with E-state index in [0.717, 1.165) is 17.9 Å². The van der Waals surface area contributed by atoms with Crippen molar-refractivity contribution in [2.45, 2.75) is 36.1 Å². The van der Waals surface area contributed by atoms with Gasteiger partial charge in [-0.15, -0.1) is 15.7 Å². The highest BCUT2D eigenvalue weighted by atomic mass is 32.2. The molecule has 218 valence electrons. The lowest BCUT2D eigenvalue weighted by Crippen LogP contribution is -2.46. The normalized spacial score (nSPS) is 19.0. The molecule has 0 bridgehead atoms. The Labute approximate surface area is 240 Å². The number of hydrogen-bond acceptors (Lipinski definition) is 8. The highest BCUT2D eigenvalue weighted by Crippen LogP contribution is 2.39. The van der Waals surface area contributed by atoms with Crippen molar-refractivity contribution < 1.29 is 26.5 Å². The molecule has 7 nitrogen and oxygen atoms in total. The molecule has 4 rings (SSSR count). The van der Waals surface area contributed by atoms with E-state index < -0.39 is 34.5 Å². The topological polar surface area (TPSA) is 89.7 Å². The summed E-state index contributed by atoms with van der Waals surface area (Å²) < 4.78 is 77.4. The maximum Gasteiger partial charge on any atom is 0.393 e. The van der Waals surface area contributed by atoms with Crippen molar-refractivity contribution in [2.75, 3.05) is 50.7 Å². The zero-order chi connectivity index (χ0) is 29.8. The van der Waals surface area contributed by atoms with Crippen LogP contribution in [0.15, 0.2) is 45.7 Å². The highest BCUT2D eigenvalue weighted by Gasteiger charge is 2.32. The number of nitriles is 1. The van der Waals surface area contributed by atoms with Crippen LogP contribution in [0.3, 0.4) is 0 Å². The SMILES string of the molecule is COc1cc(S(C)(=O)=NC#N)ccc1NCC#Cc1sc2c(N[C@@H]3CCN(C)C[C@@H]3F)cccc2c1CC(F)(F)F. The van der Waals surface area contributed by atoms with Crippen molar-refractivity contribution >= 4 is 42.5 Å².